The van der Waals surface area contributed by atoms with Crippen molar-refractivity contribution in [3.8, 4) is 0 Å². The molecule has 2 aliphatic rings. The second kappa shape index (κ2) is 4.55. The predicted molar refractivity (Wildman–Crippen MR) is 56.8 cm³/mol. The molecule has 2 saturated carbocycles. The number of halogens is 3. The molecule has 4 unspecified atom stereocenters. The van der Waals surface area contributed by atoms with E-state index in [2.05, 4.69) is 0 Å². The highest BCUT2D eigenvalue weighted by Gasteiger charge is 2.40. The third kappa shape index (κ3) is 3.12. The number of hydrogen-bond donors (Lipinski definition) is 1. The average molecular weight is 235 g/mol. The lowest BCUT2D eigenvalue weighted by Gasteiger charge is -2.24. The van der Waals surface area contributed by atoms with Gasteiger partial charge in [0.15, 0.2) is 0 Å². The lowest BCUT2D eigenvalue weighted by atomic mass is 9.83. The van der Waals surface area contributed by atoms with Crippen molar-refractivity contribution in [2.45, 2.75) is 57.2 Å². The molecule has 4 atom stereocenters. The van der Waals surface area contributed by atoms with Crippen LogP contribution in [-0.2, 0) is 0 Å². The summed E-state index contributed by atoms with van der Waals surface area (Å²) in [7, 11) is 0. The Hall–Kier alpha value is -0.250. The first kappa shape index (κ1) is 12.2. The average Bonchev–Trinajstić information content (AvgIpc) is 2.75. The fraction of sp³-hybridized carbons (Fsp3) is 1.00. The summed E-state index contributed by atoms with van der Waals surface area (Å²) in [6.45, 7) is 0. The smallest absolute Gasteiger partial charge is 0.328 e. The fourth-order valence-corrected chi connectivity index (χ4v) is 3.52. The first-order chi connectivity index (χ1) is 7.44. The molecule has 1 nitrogen and oxygen atoms in total. The maximum Gasteiger partial charge on any atom is 0.389 e. The zero-order chi connectivity index (χ0) is 11.8. The third-order valence-corrected chi connectivity index (χ3v) is 4.29. The van der Waals surface area contributed by atoms with Crippen molar-refractivity contribution < 1.29 is 13.2 Å². The van der Waals surface area contributed by atoms with Crippen molar-refractivity contribution in [2.75, 3.05) is 0 Å². The van der Waals surface area contributed by atoms with Crippen LogP contribution in [0.5, 0.6) is 0 Å². The SMILES string of the molecule is NC(CCC(F)(F)F)CC1CC2CCC1C2. The van der Waals surface area contributed by atoms with Crippen molar-refractivity contribution in [2.24, 2.45) is 23.5 Å². The minimum atomic E-state index is -4.05. The van der Waals surface area contributed by atoms with E-state index in [1.54, 1.807) is 0 Å². The molecule has 94 valence electrons. The lowest BCUT2D eigenvalue weighted by molar-refractivity contribution is -0.136. The normalized spacial score (nSPS) is 35.6. The van der Waals surface area contributed by atoms with Crippen LogP contribution in [0.25, 0.3) is 0 Å². The van der Waals surface area contributed by atoms with E-state index in [9.17, 15) is 13.2 Å². The van der Waals surface area contributed by atoms with Crippen LogP contribution in [0, 0.1) is 17.8 Å². The summed E-state index contributed by atoms with van der Waals surface area (Å²) >= 11 is 0. The first-order valence-corrected chi connectivity index (χ1v) is 6.26. The molecule has 0 saturated heterocycles. The highest BCUT2D eigenvalue weighted by atomic mass is 19.4. The van der Waals surface area contributed by atoms with Crippen LogP contribution in [0.15, 0.2) is 0 Å². The number of hydrogen-bond acceptors (Lipinski definition) is 1. The maximum absolute atomic E-state index is 12.0. The summed E-state index contributed by atoms with van der Waals surface area (Å²) < 4.78 is 36.1. The Morgan fingerprint density at radius 2 is 1.94 bits per heavy atom. The standard InChI is InChI=1S/C12H20F3N/c13-12(14,15)4-3-11(16)7-10-6-8-1-2-9(10)5-8/h8-11H,1-7,16H2. The summed E-state index contributed by atoms with van der Waals surface area (Å²) in [6.07, 6.45) is 1.25. The molecule has 16 heavy (non-hydrogen) atoms. The van der Waals surface area contributed by atoms with Crippen molar-refractivity contribution in [1.29, 1.82) is 0 Å². The van der Waals surface area contributed by atoms with Crippen LogP contribution in [0.3, 0.4) is 0 Å². The Kier molecular flexibility index (Phi) is 3.48. The molecule has 0 amide bonds. The van der Waals surface area contributed by atoms with Crippen LogP contribution in [0.4, 0.5) is 13.2 Å². The molecular weight excluding hydrogens is 215 g/mol. The van der Waals surface area contributed by atoms with Gasteiger partial charge in [-0.05, 0) is 49.9 Å². The minimum absolute atomic E-state index is 0.0946. The Morgan fingerprint density at radius 3 is 2.44 bits per heavy atom. The maximum atomic E-state index is 12.0. The molecule has 0 heterocycles. The molecule has 4 heteroatoms. The number of alkyl halides is 3. The third-order valence-electron chi connectivity index (χ3n) is 4.29. The molecule has 0 aromatic heterocycles. The highest BCUT2D eigenvalue weighted by molar-refractivity contribution is 4.91. The van der Waals surface area contributed by atoms with E-state index in [1.165, 1.54) is 25.7 Å². The van der Waals surface area contributed by atoms with Crippen molar-refractivity contribution in [3.63, 3.8) is 0 Å². The van der Waals surface area contributed by atoms with Crippen molar-refractivity contribution in [1.82, 2.24) is 0 Å². The lowest BCUT2D eigenvalue weighted by Crippen LogP contribution is -2.27. The van der Waals surface area contributed by atoms with Gasteiger partial charge in [-0.25, -0.2) is 0 Å². The first-order valence-electron chi connectivity index (χ1n) is 6.26. The zero-order valence-corrected chi connectivity index (χ0v) is 9.47. The quantitative estimate of drug-likeness (QED) is 0.793. The van der Waals surface area contributed by atoms with Gasteiger partial charge in [0.1, 0.15) is 0 Å². The van der Waals surface area contributed by atoms with Gasteiger partial charge >= 0.3 is 6.18 Å². The van der Waals surface area contributed by atoms with Gasteiger partial charge in [0, 0.05) is 12.5 Å². The van der Waals surface area contributed by atoms with Crippen LogP contribution < -0.4 is 5.73 Å². The van der Waals surface area contributed by atoms with Crippen molar-refractivity contribution in [3.05, 3.63) is 0 Å². The van der Waals surface area contributed by atoms with Crippen LogP contribution >= 0.6 is 0 Å². The Labute approximate surface area is 94.6 Å². The van der Waals surface area contributed by atoms with E-state index >= 15 is 0 Å². The van der Waals surface area contributed by atoms with Gasteiger partial charge in [-0.2, -0.15) is 13.2 Å². The second-order valence-electron chi connectivity index (χ2n) is 5.58. The van der Waals surface area contributed by atoms with E-state index in [-0.39, 0.29) is 12.5 Å². The summed E-state index contributed by atoms with van der Waals surface area (Å²) in [5.74, 6) is 2.23. The Bertz CT molecular complexity index is 239. The Balaban J connectivity index is 1.69. The van der Waals surface area contributed by atoms with Crippen LogP contribution in [-0.4, -0.2) is 12.2 Å². The molecular formula is C12H20F3N. The van der Waals surface area contributed by atoms with Crippen molar-refractivity contribution >= 4 is 0 Å². The molecule has 2 rings (SSSR count). The molecule has 0 aromatic carbocycles. The number of fused-ring (bicyclic) bond motifs is 2. The van der Waals surface area contributed by atoms with Gasteiger partial charge < -0.3 is 5.73 Å². The second-order valence-corrected chi connectivity index (χ2v) is 5.58. The van der Waals surface area contributed by atoms with Crippen LogP contribution in [0.1, 0.15) is 44.9 Å². The molecule has 0 aromatic rings. The molecule has 0 spiro atoms. The summed E-state index contributed by atoms with van der Waals surface area (Å²) in [4.78, 5) is 0. The van der Waals surface area contributed by atoms with Gasteiger partial charge in [-0.15, -0.1) is 0 Å². The number of rotatable bonds is 4. The van der Waals surface area contributed by atoms with Crippen LogP contribution in [0.2, 0.25) is 0 Å². The summed E-state index contributed by atoms with van der Waals surface area (Å²) in [5, 5.41) is 0. The fourth-order valence-electron chi connectivity index (χ4n) is 3.52. The zero-order valence-electron chi connectivity index (χ0n) is 9.47. The molecule has 0 radical (unpaired) electrons. The molecule has 2 fully saturated rings. The summed E-state index contributed by atoms with van der Waals surface area (Å²) in [6, 6.07) is -0.258. The molecule has 2 bridgehead atoms. The largest absolute Gasteiger partial charge is 0.389 e. The van der Waals surface area contributed by atoms with Gasteiger partial charge in [-0.3, -0.25) is 0 Å². The molecule has 0 aliphatic heterocycles. The van der Waals surface area contributed by atoms with Gasteiger partial charge in [0.25, 0.3) is 0 Å². The topological polar surface area (TPSA) is 26.0 Å². The van der Waals surface area contributed by atoms with E-state index in [0.717, 1.165) is 18.3 Å². The monoisotopic (exact) mass is 235 g/mol. The Morgan fingerprint density at radius 1 is 1.19 bits per heavy atom. The highest BCUT2D eigenvalue weighted by Crippen LogP contribution is 2.49. The van der Waals surface area contributed by atoms with E-state index in [0.29, 0.717) is 5.92 Å². The van der Waals surface area contributed by atoms with E-state index in [4.69, 9.17) is 5.73 Å². The number of nitrogens with two attached hydrogens (primary N) is 1. The van der Waals surface area contributed by atoms with E-state index in [1.807, 2.05) is 0 Å². The predicted octanol–water partition coefficient (Wildman–Crippen LogP) is 3.48. The van der Waals surface area contributed by atoms with Gasteiger partial charge in [-0.1, -0.05) is 6.42 Å². The molecule has 2 aliphatic carbocycles. The van der Waals surface area contributed by atoms with Gasteiger partial charge in [0.05, 0.1) is 0 Å². The van der Waals surface area contributed by atoms with E-state index < -0.39 is 12.6 Å². The van der Waals surface area contributed by atoms with Gasteiger partial charge in [0.2, 0.25) is 0 Å². The summed E-state index contributed by atoms with van der Waals surface area (Å²) in [5.41, 5.74) is 5.79. The minimum Gasteiger partial charge on any atom is -0.328 e. The molecule has 2 N–H and O–H groups in total.